The summed E-state index contributed by atoms with van der Waals surface area (Å²) in [5, 5.41) is 3.73. The van der Waals surface area contributed by atoms with Gasteiger partial charge in [0.25, 0.3) is 0 Å². The average Bonchev–Trinajstić information content (AvgIpc) is 3.47. The molecule has 2 aliphatic heterocycles. The molecule has 6 rings (SSSR count). The van der Waals surface area contributed by atoms with Crippen LogP contribution in [0, 0.1) is 11.6 Å². The molecule has 1 atom stereocenters. The third-order valence-electron chi connectivity index (χ3n) is 7.10. The average molecular weight is 521 g/mol. The van der Waals surface area contributed by atoms with Gasteiger partial charge in [-0.3, -0.25) is 0 Å². The van der Waals surface area contributed by atoms with Gasteiger partial charge in [-0.2, -0.15) is 0 Å². The Kier molecular flexibility index (Phi) is 5.97. The summed E-state index contributed by atoms with van der Waals surface area (Å²) < 4.78 is 36.1. The highest BCUT2D eigenvalue weighted by Crippen LogP contribution is 2.44. The van der Waals surface area contributed by atoms with E-state index in [4.69, 9.17) is 4.74 Å². The number of halogens is 2. The molecule has 0 aliphatic carbocycles. The minimum absolute atomic E-state index is 0.191. The number of urea groups is 1. The second-order valence-electron chi connectivity index (χ2n) is 9.44. The van der Waals surface area contributed by atoms with Gasteiger partial charge >= 0.3 is 6.03 Å². The fourth-order valence-corrected chi connectivity index (χ4v) is 6.74. The summed E-state index contributed by atoms with van der Waals surface area (Å²) in [6.07, 6.45) is 2.92. The molecule has 1 N–H and O–H groups in total. The number of anilines is 1. The van der Waals surface area contributed by atoms with Gasteiger partial charge in [-0.25, -0.2) is 13.6 Å². The summed E-state index contributed by atoms with van der Waals surface area (Å²) in [6.45, 7) is 2.13. The van der Waals surface area contributed by atoms with Crippen molar-refractivity contribution in [2.45, 2.75) is 25.6 Å². The van der Waals surface area contributed by atoms with Gasteiger partial charge in [-0.05, 0) is 61.0 Å². The van der Waals surface area contributed by atoms with Gasteiger partial charge in [-0.15, -0.1) is 11.3 Å². The molecule has 0 radical (unpaired) electrons. The van der Waals surface area contributed by atoms with E-state index in [0.29, 0.717) is 12.3 Å². The molecule has 2 amide bonds. The summed E-state index contributed by atoms with van der Waals surface area (Å²) in [5.74, 6) is -0.641. The third kappa shape index (κ3) is 4.18. The van der Waals surface area contributed by atoms with Crippen LogP contribution in [-0.2, 0) is 19.5 Å². The Morgan fingerprint density at radius 1 is 1.08 bits per heavy atom. The third-order valence-corrected chi connectivity index (χ3v) is 8.35. The molecule has 0 spiro atoms. The van der Waals surface area contributed by atoms with Crippen LogP contribution in [0.15, 0.2) is 60.8 Å². The number of benzene rings is 2. The van der Waals surface area contributed by atoms with E-state index >= 15 is 0 Å². The van der Waals surface area contributed by atoms with Crippen LogP contribution in [-0.4, -0.2) is 41.1 Å². The Balaban J connectivity index is 1.51. The molecular weight excluding hydrogens is 494 g/mol. The zero-order valence-corrected chi connectivity index (χ0v) is 21.3. The molecule has 4 heterocycles. The van der Waals surface area contributed by atoms with Crippen molar-refractivity contribution < 1.29 is 18.3 Å². The van der Waals surface area contributed by atoms with Gasteiger partial charge in [0.1, 0.15) is 22.4 Å². The Bertz CT molecular complexity index is 1500. The van der Waals surface area contributed by atoms with Crippen molar-refractivity contribution in [2.24, 2.45) is 0 Å². The molecule has 0 unspecified atom stereocenters. The van der Waals surface area contributed by atoms with Crippen molar-refractivity contribution in [1.29, 1.82) is 0 Å². The number of fused-ring (bicyclic) bond motifs is 5. The second kappa shape index (κ2) is 9.32. The normalized spacial score (nSPS) is 17.0. The lowest BCUT2D eigenvalue weighted by Gasteiger charge is -2.32. The van der Waals surface area contributed by atoms with Crippen LogP contribution in [0.5, 0.6) is 5.75 Å². The lowest BCUT2D eigenvalue weighted by atomic mass is 10.00. The van der Waals surface area contributed by atoms with E-state index in [9.17, 15) is 13.6 Å². The maximum absolute atomic E-state index is 14.5. The summed E-state index contributed by atoms with van der Waals surface area (Å²) in [4.78, 5) is 19.2. The first-order valence-corrected chi connectivity index (χ1v) is 12.9. The van der Waals surface area contributed by atoms with E-state index < -0.39 is 23.7 Å². The monoisotopic (exact) mass is 520 g/mol. The zero-order valence-electron chi connectivity index (χ0n) is 20.5. The molecule has 2 aromatic heterocycles. The molecule has 2 aliphatic rings. The van der Waals surface area contributed by atoms with Crippen molar-refractivity contribution in [3.05, 3.63) is 99.7 Å². The molecular formula is C28H26F2N4O2S. The van der Waals surface area contributed by atoms with Crippen LogP contribution in [0.25, 0.3) is 5.00 Å². The first kappa shape index (κ1) is 23.7. The number of hydrogen-bond donors (Lipinski definition) is 1. The number of rotatable bonds is 3. The van der Waals surface area contributed by atoms with Gasteiger partial charge in [0.2, 0.25) is 0 Å². The number of carbonyl (C=O) groups is 1. The molecule has 0 fully saturated rings. The number of methoxy groups -OCH3 is 1. The van der Waals surface area contributed by atoms with Crippen LogP contribution < -0.4 is 10.1 Å². The van der Waals surface area contributed by atoms with E-state index in [1.54, 1.807) is 23.3 Å². The zero-order chi connectivity index (χ0) is 25.7. The van der Waals surface area contributed by atoms with Gasteiger partial charge in [0, 0.05) is 35.8 Å². The van der Waals surface area contributed by atoms with Crippen molar-refractivity contribution in [3.63, 3.8) is 0 Å². The Morgan fingerprint density at radius 2 is 1.95 bits per heavy atom. The minimum atomic E-state index is -0.692. The van der Waals surface area contributed by atoms with Crippen molar-refractivity contribution in [2.75, 3.05) is 26.0 Å². The van der Waals surface area contributed by atoms with Crippen LogP contribution in [0.2, 0.25) is 0 Å². The number of nitrogens with one attached hydrogen (secondary N) is 1. The number of hydrogen-bond acceptors (Lipinski definition) is 4. The van der Waals surface area contributed by atoms with E-state index in [1.807, 2.05) is 42.6 Å². The van der Waals surface area contributed by atoms with Crippen LogP contribution >= 0.6 is 11.3 Å². The van der Waals surface area contributed by atoms with E-state index in [-0.39, 0.29) is 5.69 Å². The number of carbonyl (C=O) groups excluding carboxylic acids is 1. The summed E-state index contributed by atoms with van der Waals surface area (Å²) in [6, 6.07) is 13.7. The lowest BCUT2D eigenvalue weighted by molar-refractivity contribution is 0.194. The largest absolute Gasteiger partial charge is 0.497 e. The van der Waals surface area contributed by atoms with Crippen molar-refractivity contribution in [3.8, 4) is 10.8 Å². The summed E-state index contributed by atoms with van der Waals surface area (Å²) in [7, 11) is 3.72. The molecule has 9 heteroatoms. The predicted octanol–water partition coefficient (Wildman–Crippen LogP) is 5.95. The smallest absolute Gasteiger partial charge is 0.323 e. The molecule has 0 saturated heterocycles. The van der Waals surface area contributed by atoms with E-state index in [2.05, 4.69) is 21.8 Å². The number of ether oxygens (including phenoxy) is 1. The van der Waals surface area contributed by atoms with Crippen molar-refractivity contribution >= 4 is 23.1 Å². The summed E-state index contributed by atoms with van der Waals surface area (Å²) >= 11 is 1.76. The Hall–Kier alpha value is -3.69. The maximum Gasteiger partial charge on any atom is 0.323 e. The molecule has 4 aromatic rings. The first-order valence-electron chi connectivity index (χ1n) is 12.1. The molecule has 2 aromatic carbocycles. The predicted molar refractivity (Wildman–Crippen MR) is 139 cm³/mol. The van der Waals surface area contributed by atoms with Gasteiger partial charge < -0.3 is 24.4 Å². The molecule has 6 nitrogen and oxygen atoms in total. The number of nitrogens with zero attached hydrogens (tertiary/aromatic N) is 3. The van der Waals surface area contributed by atoms with E-state index in [1.165, 1.54) is 10.4 Å². The number of likely N-dealkylation sites (N-methyl/N-ethyl adjacent to an activating group) is 1. The second-order valence-corrected chi connectivity index (χ2v) is 10.5. The molecule has 0 saturated carbocycles. The molecule has 0 bridgehead atoms. The fourth-order valence-electron chi connectivity index (χ4n) is 5.29. The van der Waals surface area contributed by atoms with Crippen LogP contribution in [0.4, 0.5) is 19.3 Å². The number of thiophene rings is 1. The quantitative estimate of drug-likeness (QED) is 0.363. The van der Waals surface area contributed by atoms with E-state index in [0.717, 1.165) is 59.5 Å². The highest BCUT2D eigenvalue weighted by molar-refractivity contribution is 7.15. The lowest BCUT2D eigenvalue weighted by Crippen LogP contribution is -2.38. The first-order chi connectivity index (χ1) is 17.9. The molecule has 190 valence electrons. The van der Waals surface area contributed by atoms with Gasteiger partial charge in [0.15, 0.2) is 0 Å². The van der Waals surface area contributed by atoms with Crippen molar-refractivity contribution in [1.82, 2.24) is 14.4 Å². The fraction of sp³-hybridized carbons (Fsp3) is 0.250. The number of aromatic nitrogens is 1. The maximum atomic E-state index is 14.5. The van der Waals surface area contributed by atoms with Gasteiger partial charge in [0.05, 0.1) is 31.1 Å². The topological polar surface area (TPSA) is 49.7 Å². The Labute approximate surface area is 217 Å². The minimum Gasteiger partial charge on any atom is -0.497 e. The van der Waals surface area contributed by atoms with Crippen LogP contribution in [0.1, 0.15) is 33.3 Å². The highest BCUT2D eigenvalue weighted by Gasteiger charge is 2.36. The highest BCUT2D eigenvalue weighted by atomic mass is 32.1. The van der Waals surface area contributed by atoms with Gasteiger partial charge in [-0.1, -0.05) is 12.1 Å². The summed E-state index contributed by atoms with van der Waals surface area (Å²) in [5.41, 5.74) is 3.96. The number of amides is 2. The van der Waals surface area contributed by atoms with Crippen LogP contribution in [0.3, 0.4) is 0 Å². The SMILES string of the molecule is COc1cccc([C@@H]2c3cccn3-c3sc4c(c3CN2C(=O)Nc2cc(F)ccc2F)CCN(C)C4)c1. The molecule has 37 heavy (non-hydrogen) atoms. The Morgan fingerprint density at radius 3 is 2.78 bits per heavy atom. The standard InChI is InChI=1S/C28H26F2N4O2S/c1-32-12-10-20-21-15-34(28(35)31-23-14-18(29)8-9-22(23)30)26(17-5-3-6-19(13-17)36-2)24-7-4-11-33(24)27(21)37-25(20)16-32/h3-9,11,13-14,26H,10,12,15-16H2,1-2H3,(H,31,35)/t26-/m1/s1.